The lowest BCUT2D eigenvalue weighted by molar-refractivity contribution is -0.384. The number of halogens is 1. The van der Waals surface area contributed by atoms with Gasteiger partial charge in [0.2, 0.25) is 0 Å². The van der Waals surface area contributed by atoms with Gasteiger partial charge < -0.3 is 0 Å². The fraction of sp³-hybridized carbons (Fsp3) is 0.182. The van der Waals surface area contributed by atoms with Gasteiger partial charge >= 0.3 is 0 Å². The molecule has 0 aliphatic heterocycles. The van der Waals surface area contributed by atoms with E-state index in [9.17, 15) is 10.1 Å². The van der Waals surface area contributed by atoms with Crippen LogP contribution in [0, 0.1) is 21.4 Å². The van der Waals surface area contributed by atoms with Crippen LogP contribution >= 0.6 is 15.9 Å². The van der Waals surface area contributed by atoms with Gasteiger partial charge in [0.15, 0.2) is 0 Å². The molecule has 1 heterocycles. The highest BCUT2D eigenvalue weighted by molar-refractivity contribution is 9.09. The number of rotatable bonds is 3. The molecule has 0 aliphatic carbocycles. The summed E-state index contributed by atoms with van der Waals surface area (Å²) in [4.78, 5) is 10.5. The molecule has 7 nitrogen and oxygen atoms in total. The fourth-order valence-corrected chi connectivity index (χ4v) is 1.72. The van der Waals surface area contributed by atoms with Crippen molar-refractivity contribution in [3.63, 3.8) is 0 Å². The molecule has 1 aromatic heterocycles. The van der Waals surface area contributed by atoms with E-state index in [4.69, 9.17) is 5.26 Å². The van der Waals surface area contributed by atoms with Gasteiger partial charge in [-0.1, -0.05) is 21.1 Å². The minimum absolute atomic E-state index is 0.00121. The Balaban J connectivity index is 2.55. The Hall–Kier alpha value is -2.27. The molecule has 19 heavy (non-hydrogen) atoms. The number of aromatic nitrogens is 3. The largest absolute Gasteiger partial charge is 0.296 e. The number of hydrogen-bond donors (Lipinski definition) is 0. The van der Waals surface area contributed by atoms with Crippen molar-refractivity contribution in [2.24, 2.45) is 0 Å². The molecule has 2 aromatic rings. The highest BCUT2D eigenvalue weighted by Crippen LogP contribution is 2.25. The molecule has 0 saturated carbocycles. The Morgan fingerprint density at radius 2 is 2.32 bits per heavy atom. The molecule has 96 valence electrons. The van der Waals surface area contributed by atoms with Gasteiger partial charge in [0.1, 0.15) is 5.69 Å². The van der Waals surface area contributed by atoms with E-state index in [0.717, 1.165) is 0 Å². The molecule has 0 N–H and O–H groups in total. The van der Waals surface area contributed by atoms with Crippen molar-refractivity contribution in [3.05, 3.63) is 45.8 Å². The van der Waals surface area contributed by atoms with Gasteiger partial charge in [0.25, 0.3) is 5.69 Å². The van der Waals surface area contributed by atoms with Crippen molar-refractivity contribution in [2.75, 3.05) is 0 Å². The lowest BCUT2D eigenvalue weighted by atomic mass is 10.2. The van der Waals surface area contributed by atoms with Crippen LogP contribution in [-0.4, -0.2) is 19.9 Å². The second kappa shape index (κ2) is 5.16. The average molecular weight is 322 g/mol. The average Bonchev–Trinajstić information content (AvgIpc) is 2.87. The maximum atomic E-state index is 11.0. The standard InChI is InChI=1S/C11H8BrN5O2/c1-7(12)9-6-16(15-14-9)10-3-2-8(5-13)4-11(10)17(18)19/h2-4,6-7H,1H3. The molecular weight excluding hydrogens is 314 g/mol. The van der Waals surface area contributed by atoms with Gasteiger partial charge in [-0.3, -0.25) is 10.1 Å². The van der Waals surface area contributed by atoms with Gasteiger partial charge in [-0.15, -0.1) is 5.10 Å². The van der Waals surface area contributed by atoms with Crippen LogP contribution in [0.25, 0.3) is 5.69 Å². The highest BCUT2D eigenvalue weighted by Gasteiger charge is 2.18. The number of nitro benzene ring substituents is 1. The van der Waals surface area contributed by atoms with Crippen LogP contribution in [-0.2, 0) is 0 Å². The Morgan fingerprint density at radius 3 is 2.84 bits per heavy atom. The van der Waals surface area contributed by atoms with Crippen molar-refractivity contribution in [3.8, 4) is 11.8 Å². The molecule has 0 aliphatic rings. The first kappa shape index (κ1) is 13.2. The second-order valence-electron chi connectivity index (χ2n) is 3.78. The van der Waals surface area contributed by atoms with E-state index >= 15 is 0 Å². The zero-order valence-electron chi connectivity index (χ0n) is 9.82. The Morgan fingerprint density at radius 1 is 1.58 bits per heavy atom. The minimum atomic E-state index is -0.547. The maximum Gasteiger partial charge on any atom is 0.296 e. The second-order valence-corrected chi connectivity index (χ2v) is 5.15. The third-order valence-corrected chi connectivity index (χ3v) is 2.94. The Bertz CT molecular complexity index is 674. The molecule has 8 heteroatoms. The van der Waals surface area contributed by atoms with Crippen LogP contribution in [0.15, 0.2) is 24.4 Å². The smallest absolute Gasteiger partial charge is 0.258 e. The predicted octanol–water partition coefficient (Wildman–Crippen LogP) is 2.50. The quantitative estimate of drug-likeness (QED) is 0.491. The van der Waals surface area contributed by atoms with Crippen LogP contribution in [0.5, 0.6) is 0 Å². The number of hydrogen-bond acceptors (Lipinski definition) is 5. The molecule has 0 saturated heterocycles. The summed E-state index contributed by atoms with van der Waals surface area (Å²) in [7, 11) is 0. The molecule has 0 spiro atoms. The van der Waals surface area contributed by atoms with E-state index in [2.05, 4.69) is 26.2 Å². The molecule has 1 unspecified atom stereocenters. The molecule has 1 aromatic carbocycles. The molecule has 0 radical (unpaired) electrons. The molecule has 0 fully saturated rings. The SMILES string of the molecule is CC(Br)c1cn(-c2ccc(C#N)cc2[N+](=O)[O-])nn1. The van der Waals surface area contributed by atoms with Gasteiger partial charge in [0.05, 0.1) is 33.3 Å². The molecule has 2 rings (SSSR count). The zero-order valence-corrected chi connectivity index (χ0v) is 11.4. The minimum Gasteiger partial charge on any atom is -0.258 e. The van der Waals surface area contributed by atoms with Crippen LogP contribution < -0.4 is 0 Å². The molecule has 0 amide bonds. The zero-order chi connectivity index (χ0) is 14.0. The van der Waals surface area contributed by atoms with Crippen LogP contribution in [0.4, 0.5) is 5.69 Å². The maximum absolute atomic E-state index is 11.0. The summed E-state index contributed by atoms with van der Waals surface area (Å²) in [6.07, 6.45) is 1.60. The summed E-state index contributed by atoms with van der Waals surface area (Å²) < 4.78 is 1.33. The van der Waals surface area contributed by atoms with E-state index in [0.29, 0.717) is 5.69 Å². The summed E-state index contributed by atoms with van der Waals surface area (Å²) in [6.45, 7) is 1.88. The molecule has 0 bridgehead atoms. The van der Waals surface area contributed by atoms with Gasteiger partial charge in [-0.05, 0) is 19.1 Å². The summed E-state index contributed by atoms with van der Waals surface area (Å²) in [5.74, 6) is 0. The van der Waals surface area contributed by atoms with Crippen molar-refractivity contribution >= 4 is 21.6 Å². The normalized spacial score (nSPS) is 11.8. The summed E-state index contributed by atoms with van der Waals surface area (Å²) in [5.41, 5.74) is 0.983. The van der Waals surface area contributed by atoms with Crippen LogP contribution in [0.1, 0.15) is 23.0 Å². The first-order valence-corrected chi connectivity index (χ1v) is 6.19. The number of nitrogens with zero attached hydrogens (tertiary/aromatic N) is 5. The topological polar surface area (TPSA) is 97.6 Å². The monoisotopic (exact) mass is 321 g/mol. The van der Waals surface area contributed by atoms with Crippen LogP contribution in [0.3, 0.4) is 0 Å². The molecule has 1 atom stereocenters. The first-order chi connectivity index (χ1) is 9.02. The first-order valence-electron chi connectivity index (χ1n) is 5.28. The summed E-state index contributed by atoms with van der Waals surface area (Å²) in [6, 6.07) is 6.07. The predicted molar refractivity (Wildman–Crippen MR) is 70.1 cm³/mol. The Labute approximate surface area is 116 Å². The van der Waals surface area contributed by atoms with E-state index in [1.54, 1.807) is 6.20 Å². The van der Waals surface area contributed by atoms with Crippen molar-refractivity contribution in [2.45, 2.75) is 11.8 Å². The third kappa shape index (κ3) is 2.61. The number of benzene rings is 1. The van der Waals surface area contributed by atoms with E-state index in [-0.39, 0.29) is 21.8 Å². The van der Waals surface area contributed by atoms with Crippen molar-refractivity contribution < 1.29 is 4.92 Å². The van der Waals surface area contributed by atoms with Crippen molar-refractivity contribution in [1.82, 2.24) is 15.0 Å². The van der Waals surface area contributed by atoms with Gasteiger partial charge in [-0.25, -0.2) is 4.68 Å². The summed E-state index contributed by atoms with van der Waals surface area (Å²) >= 11 is 3.35. The summed E-state index contributed by atoms with van der Waals surface area (Å²) in [5, 5.41) is 27.6. The number of nitro groups is 1. The van der Waals surface area contributed by atoms with E-state index in [1.165, 1.54) is 22.9 Å². The lowest BCUT2D eigenvalue weighted by Gasteiger charge is -2.02. The fourth-order valence-electron chi connectivity index (χ4n) is 1.51. The Kier molecular flexibility index (Phi) is 3.57. The number of nitriles is 1. The lowest BCUT2D eigenvalue weighted by Crippen LogP contribution is -2.01. The van der Waals surface area contributed by atoms with Crippen molar-refractivity contribution in [1.29, 1.82) is 5.26 Å². The van der Waals surface area contributed by atoms with Crippen LogP contribution in [0.2, 0.25) is 0 Å². The van der Waals surface area contributed by atoms with Gasteiger partial charge in [0, 0.05) is 6.07 Å². The highest BCUT2D eigenvalue weighted by atomic mass is 79.9. The number of alkyl halides is 1. The van der Waals surface area contributed by atoms with E-state index in [1.807, 2.05) is 13.0 Å². The van der Waals surface area contributed by atoms with Gasteiger partial charge in [-0.2, -0.15) is 5.26 Å². The van der Waals surface area contributed by atoms with E-state index < -0.39 is 4.92 Å². The third-order valence-electron chi connectivity index (χ3n) is 2.47. The molecular formula is C11H8BrN5O2.